The van der Waals surface area contributed by atoms with Crippen molar-refractivity contribution in [1.82, 2.24) is 0 Å². The molecule has 2 atom stereocenters. The molecule has 1 aromatic carbocycles. The molecule has 0 bridgehead atoms. The molecule has 2 nitrogen and oxygen atoms in total. The molecule has 2 aromatic heterocycles. The second-order valence-electron chi connectivity index (χ2n) is 13.3. The first-order valence-corrected chi connectivity index (χ1v) is 36.8. The Morgan fingerprint density at radius 2 is 1.00 bits per heavy atom. The number of thiophene rings is 2. The molecule has 0 fully saturated rings. The minimum atomic E-state index is -2.26. The van der Waals surface area contributed by atoms with Gasteiger partial charge in [-0.2, -0.15) is 0 Å². The number of unbranched alkanes of at least 4 members (excludes halogenated alkanes) is 2. The van der Waals surface area contributed by atoms with Gasteiger partial charge >= 0.3 is 252 Å². The first-order valence-electron chi connectivity index (χ1n) is 15.2. The van der Waals surface area contributed by atoms with E-state index in [4.69, 9.17) is 9.47 Å². The molecule has 2 heterocycles. The van der Waals surface area contributed by atoms with Crippen LogP contribution in [0.4, 0.5) is 0 Å². The van der Waals surface area contributed by atoms with Gasteiger partial charge in [-0.25, -0.2) is 0 Å². The van der Waals surface area contributed by atoms with Crippen LogP contribution in [0.5, 0.6) is 11.5 Å². The summed E-state index contributed by atoms with van der Waals surface area (Å²) in [6.07, 6.45) is 9.90. The van der Waals surface area contributed by atoms with Gasteiger partial charge in [-0.1, -0.05) is 0 Å². The Hall–Kier alpha value is 0.337. The summed E-state index contributed by atoms with van der Waals surface area (Å²) in [6.45, 7) is 10.8. The molecule has 0 spiro atoms. The molecule has 214 valence electrons. The van der Waals surface area contributed by atoms with E-state index < -0.39 is 36.8 Å². The Morgan fingerprint density at radius 1 is 0.632 bits per heavy atom. The number of hydrogen-bond acceptors (Lipinski definition) is 4. The first-order chi connectivity index (χ1) is 17.9. The van der Waals surface area contributed by atoms with Crippen LogP contribution in [0.3, 0.4) is 0 Å². The summed E-state index contributed by atoms with van der Waals surface area (Å²) in [5, 5.41) is 2.65. The van der Waals surface area contributed by atoms with Crippen molar-refractivity contribution in [2.75, 3.05) is 13.2 Å². The molecular weight excluding hydrogens is 718 g/mol. The molecule has 3 rings (SSSR count). The van der Waals surface area contributed by atoms with Crippen LogP contribution in [-0.2, 0) is 0 Å². The summed E-state index contributed by atoms with van der Waals surface area (Å²) in [5.41, 5.74) is 0. The van der Waals surface area contributed by atoms with Gasteiger partial charge < -0.3 is 0 Å². The molecule has 2 unspecified atom stereocenters. The van der Waals surface area contributed by atoms with Gasteiger partial charge in [-0.3, -0.25) is 0 Å². The maximum absolute atomic E-state index is 6.90. The molecular formula is C32H54O2S2Sn2. The van der Waals surface area contributed by atoms with Crippen LogP contribution >= 0.6 is 22.7 Å². The summed E-state index contributed by atoms with van der Waals surface area (Å²) in [6, 6.07) is 5.03. The average molecular weight is 772 g/mol. The molecule has 3 aromatic rings. The summed E-state index contributed by atoms with van der Waals surface area (Å²) < 4.78 is 20.0. The summed E-state index contributed by atoms with van der Waals surface area (Å²) in [5.74, 6) is 3.29. The molecule has 0 aliphatic carbocycles. The third-order valence-corrected chi connectivity index (χ3v) is 29.1. The fraction of sp³-hybridized carbons (Fsp3) is 0.688. The van der Waals surface area contributed by atoms with Gasteiger partial charge in [-0.05, 0) is 0 Å². The van der Waals surface area contributed by atoms with Crippen molar-refractivity contribution < 1.29 is 9.47 Å². The maximum atomic E-state index is 6.90. The summed E-state index contributed by atoms with van der Waals surface area (Å²) in [7, 11) is 0. The molecule has 6 heteroatoms. The Labute approximate surface area is 250 Å². The Morgan fingerprint density at radius 3 is 1.29 bits per heavy atom. The van der Waals surface area contributed by atoms with E-state index in [1.165, 1.54) is 71.5 Å². The number of ether oxygens (including phenoxy) is 2. The average Bonchev–Trinajstić information content (AvgIpc) is 3.50. The van der Waals surface area contributed by atoms with E-state index in [1.54, 1.807) is 5.79 Å². The molecule has 38 heavy (non-hydrogen) atoms. The van der Waals surface area contributed by atoms with Crippen LogP contribution in [0, 0.1) is 11.8 Å². The van der Waals surface area contributed by atoms with Crippen molar-refractivity contribution in [3.05, 3.63) is 12.1 Å². The second kappa shape index (κ2) is 14.5. The molecule has 0 saturated carbocycles. The summed E-state index contributed by atoms with van der Waals surface area (Å²) >= 11 is -0.396. The zero-order valence-electron chi connectivity index (χ0n) is 26.0. The Bertz CT molecular complexity index is 1070. The van der Waals surface area contributed by atoms with Gasteiger partial charge in [0.1, 0.15) is 0 Å². The number of benzene rings is 1. The van der Waals surface area contributed by atoms with Crippen molar-refractivity contribution in [1.29, 1.82) is 0 Å². The number of rotatable bonds is 16. The normalized spacial score (nSPS) is 14.4. The summed E-state index contributed by atoms with van der Waals surface area (Å²) in [4.78, 5) is 15.2. The zero-order chi connectivity index (χ0) is 28.1. The van der Waals surface area contributed by atoms with Gasteiger partial charge in [0.25, 0.3) is 0 Å². The van der Waals surface area contributed by atoms with E-state index >= 15 is 0 Å². The van der Waals surface area contributed by atoms with Crippen molar-refractivity contribution in [2.24, 2.45) is 11.8 Å². The second-order valence-corrected chi connectivity index (χ2v) is 46.3. The fourth-order valence-electron chi connectivity index (χ4n) is 4.93. The van der Waals surface area contributed by atoms with E-state index in [1.807, 2.05) is 0 Å². The topological polar surface area (TPSA) is 18.5 Å². The van der Waals surface area contributed by atoms with Crippen LogP contribution < -0.4 is 15.3 Å². The molecule has 0 saturated heterocycles. The van der Waals surface area contributed by atoms with Gasteiger partial charge in [0.05, 0.1) is 0 Å². The predicted molar refractivity (Wildman–Crippen MR) is 181 cm³/mol. The van der Waals surface area contributed by atoms with Crippen molar-refractivity contribution >= 4 is 85.4 Å². The van der Waals surface area contributed by atoms with Gasteiger partial charge in [0.15, 0.2) is 0 Å². The Balaban J connectivity index is 2.20. The fourth-order valence-corrected chi connectivity index (χ4v) is 17.8. The predicted octanol–water partition coefficient (Wildman–Crippen LogP) is 10.4. The standard InChI is InChI=1S/C26H36O2S2.6CH3.2Sn/c1-5-9-11-19(7-3)17-27-23-21-13-15-29-25(21)26-22(14-16-30-26)24(23)28-18-20(8-4)12-10-6-2;;;;;;;;/h13-14,19-20H,5-12,17-18H2,1-4H3;6*1H3;;. The zero-order valence-corrected chi connectivity index (χ0v) is 33.4. The number of hydrogen-bond donors (Lipinski definition) is 0. The van der Waals surface area contributed by atoms with E-state index in [-0.39, 0.29) is 0 Å². The van der Waals surface area contributed by atoms with Gasteiger partial charge in [0, 0.05) is 0 Å². The van der Waals surface area contributed by atoms with Crippen LogP contribution in [0.1, 0.15) is 79.1 Å². The SMILES string of the molecule is CCCCC(CC)COc1c(OCC(CC)CCCC)c2c[c]([Sn]([CH3])([CH3])[CH3])sc2c2s[c]([Sn]([CH3])([CH3])[CH3])cc12. The Kier molecular flexibility index (Phi) is 12.5. The van der Waals surface area contributed by atoms with Crippen molar-refractivity contribution in [3.8, 4) is 11.5 Å². The van der Waals surface area contributed by atoms with E-state index in [2.05, 4.69) is 92.1 Å². The molecule has 0 aliphatic rings. The molecule has 0 aliphatic heterocycles. The molecule has 0 N–H and O–H groups in total. The molecule has 0 amide bonds. The van der Waals surface area contributed by atoms with Crippen molar-refractivity contribution in [2.45, 2.75) is 109 Å². The van der Waals surface area contributed by atoms with E-state index in [0.29, 0.717) is 11.8 Å². The van der Waals surface area contributed by atoms with Crippen LogP contribution in [-0.4, -0.2) is 50.0 Å². The van der Waals surface area contributed by atoms with Crippen LogP contribution in [0.25, 0.3) is 20.2 Å². The monoisotopic (exact) mass is 774 g/mol. The van der Waals surface area contributed by atoms with Crippen LogP contribution in [0.15, 0.2) is 12.1 Å². The minimum absolute atomic E-state index is 0.602. The quantitative estimate of drug-likeness (QED) is 0.135. The van der Waals surface area contributed by atoms with Crippen molar-refractivity contribution in [3.63, 3.8) is 0 Å². The number of fused-ring (bicyclic) bond motifs is 3. The molecule has 0 radical (unpaired) electrons. The van der Waals surface area contributed by atoms with Crippen LogP contribution in [0.2, 0.25) is 29.6 Å². The third-order valence-electron chi connectivity index (χ3n) is 7.86. The van der Waals surface area contributed by atoms with Gasteiger partial charge in [0.2, 0.25) is 0 Å². The first kappa shape index (κ1) is 32.8. The van der Waals surface area contributed by atoms with E-state index in [9.17, 15) is 0 Å². The van der Waals surface area contributed by atoms with Gasteiger partial charge in [-0.15, -0.1) is 0 Å². The third kappa shape index (κ3) is 8.21. The van der Waals surface area contributed by atoms with E-state index in [0.717, 1.165) is 24.7 Å².